The Kier molecular flexibility index (Phi) is 4.73. The molecule has 1 fully saturated rings. The van der Waals surface area contributed by atoms with Gasteiger partial charge in [0.15, 0.2) is 0 Å². The fourth-order valence-electron chi connectivity index (χ4n) is 2.02. The summed E-state index contributed by atoms with van der Waals surface area (Å²) in [7, 11) is 0. The summed E-state index contributed by atoms with van der Waals surface area (Å²) in [5.74, 6) is -1.48. The number of hydrogen-bond donors (Lipinski definition) is 3. The molecule has 0 spiro atoms. The van der Waals surface area contributed by atoms with Crippen LogP contribution in [0.1, 0.15) is 28.9 Å². The molecule has 0 radical (unpaired) electrons. The molecule has 0 saturated heterocycles. The largest absolute Gasteiger partial charge is 0.481 e. The molecule has 0 unspecified atom stereocenters. The van der Waals surface area contributed by atoms with Crippen LogP contribution in [-0.2, 0) is 9.59 Å². The first-order chi connectivity index (χ1) is 9.56. The highest BCUT2D eigenvalue weighted by Crippen LogP contribution is 2.27. The minimum Gasteiger partial charge on any atom is -0.481 e. The molecule has 1 aliphatic rings. The number of hydrogen-bond acceptors (Lipinski definition) is 4. The van der Waals surface area contributed by atoms with Gasteiger partial charge < -0.3 is 15.7 Å². The number of thiophene rings is 1. The summed E-state index contributed by atoms with van der Waals surface area (Å²) in [5, 5.41) is 16.0. The minimum absolute atomic E-state index is 0.0448. The Morgan fingerprint density at radius 1 is 1.35 bits per heavy atom. The Balaban J connectivity index is 1.59. The van der Waals surface area contributed by atoms with Crippen LogP contribution in [0, 0.1) is 5.92 Å². The first-order valence-corrected chi connectivity index (χ1v) is 7.28. The van der Waals surface area contributed by atoms with Gasteiger partial charge in [-0.3, -0.25) is 14.4 Å². The lowest BCUT2D eigenvalue weighted by molar-refractivity contribution is -0.146. The number of carbonyl (C=O) groups is 3. The summed E-state index contributed by atoms with van der Waals surface area (Å²) in [6.07, 6.45) is 1.18. The molecule has 1 aliphatic carbocycles. The van der Waals surface area contributed by atoms with Crippen LogP contribution in [0.5, 0.6) is 0 Å². The average Bonchev–Trinajstić information content (AvgIpc) is 2.86. The van der Waals surface area contributed by atoms with E-state index in [0.717, 1.165) is 0 Å². The van der Waals surface area contributed by atoms with E-state index in [1.807, 2.05) is 5.38 Å². The molecule has 0 bridgehead atoms. The van der Waals surface area contributed by atoms with Gasteiger partial charge in [0.2, 0.25) is 5.91 Å². The topological polar surface area (TPSA) is 95.5 Å². The second kappa shape index (κ2) is 6.51. The molecule has 1 aromatic heterocycles. The van der Waals surface area contributed by atoms with Crippen molar-refractivity contribution in [1.29, 1.82) is 0 Å². The Bertz CT molecular complexity index is 494. The van der Waals surface area contributed by atoms with Crippen LogP contribution in [0.4, 0.5) is 0 Å². The van der Waals surface area contributed by atoms with Gasteiger partial charge in [0.25, 0.3) is 5.91 Å². The van der Waals surface area contributed by atoms with Crippen LogP contribution in [0.2, 0.25) is 0 Å². The summed E-state index contributed by atoms with van der Waals surface area (Å²) in [4.78, 5) is 34.4. The van der Waals surface area contributed by atoms with Crippen LogP contribution in [0.3, 0.4) is 0 Å². The van der Waals surface area contributed by atoms with Gasteiger partial charge in [0.05, 0.1) is 10.8 Å². The molecule has 0 aromatic carbocycles. The Morgan fingerprint density at radius 3 is 2.70 bits per heavy atom. The van der Waals surface area contributed by atoms with Crippen molar-refractivity contribution in [2.45, 2.75) is 25.3 Å². The van der Waals surface area contributed by atoms with Gasteiger partial charge in [-0.25, -0.2) is 0 Å². The van der Waals surface area contributed by atoms with Gasteiger partial charge in [0.1, 0.15) is 0 Å². The van der Waals surface area contributed by atoms with Crippen LogP contribution in [-0.4, -0.2) is 35.5 Å². The van der Waals surface area contributed by atoms with Crippen molar-refractivity contribution < 1.29 is 19.5 Å². The molecular weight excluding hydrogens is 280 g/mol. The van der Waals surface area contributed by atoms with Gasteiger partial charge in [-0.2, -0.15) is 0 Å². The standard InChI is InChI=1S/C13H16N2O4S/c16-11(15-9-6-8(7-9)13(18)19)3-4-14-12(17)10-2-1-5-20-10/h1-2,5,8-9H,3-4,6-7H2,(H,14,17)(H,15,16)(H,18,19). The molecule has 2 amide bonds. The van der Waals surface area contributed by atoms with Gasteiger partial charge in [-0.05, 0) is 24.3 Å². The molecule has 7 heteroatoms. The first-order valence-electron chi connectivity index (χ1n) is 6.40. The molecule has 6 nitrogen and oxygen atoms in total. The minimum atomic E-state index is -0.807. The third-order valence-electron chi connectivity index (χ3n) is 3.24. The lowest BCUT2D eigenvalue weighted by atomic mass is 9.80. The predicted octanol–water partition coefficient (Wildman–Crippen LogP) is 0.847. The van der Waals surface area contributed by atoms with Crippen LogP contribution in [0.15, 0.2) is 17.5 Å². The van der Waals surface area contributed by atoms with Crippen molar-refractivity contribution in [3.05, 3.63) is 22.4 Å². The molecule has 3 N–H and O–H groups in total. The van der Waals surface area contributed by atoms with Crippen LogP contribution < -0.4 is 10.6 Å². The summed E-state index contributed by atoms with van der Waals surface area (Å²) in [6, 6.07) is 3.47. The molecule has 0 aliphatic heterocycles. The van der Waals surface area contributed by atoms with E-state index < -0.39 is 5.97 Å². The molecule has 1 aromatic rings. The molecular formula is C13H16N2O4S. The fraction of sp³-hybridized carbons (Fsp3) is 0.462. The van der Waals surface area contributed by atoms with Crippen molar-refractivity contribution in [3.8, 4) is 0 Å². The molecule has 20 heavy (non-hydrogen) atoms. The summed E-state index contributed by atoms with van der Waals surface area (Å²) in [5.41, 5.74) is 0. The Morgan fingerprint density at radius 2 is 2.10 bits per heavy atom. The van der Waals surface area contributed by atoms with Gasteiger partial charge in [-0.1, -0.05) is 6.07 Å². The summed E-state index contributed by atoms with van der Waals surface area (Å²) < 4.78 is 0. The highest BCUT2D eigenvalue weighted by Gasteiger charge is 2.35. The maximum Gasteiger partial charge on any atom is 0.306 e. The lowest BCUT2D eigenvalue weighted by Gasteiger charge is -2.32. The van der Waals surface area contributed by atoms with Crippen LogP contribution >= 0.6 is 11.3 Å². The number of nitrogens with one attached hydrogen (secondary N) is 2. The highest BCUT2D eigenvalue weighted by atomic mass is 32.1. The number of amides is 2. The normalized spacial score (nSPS) is 20.8. The van der Waals surface area contributed by atoms with Crippen molar-refractivity contribution >= 4 is 29.1 Å². The van der Waals surface area contributed by atoms with Crippen molar-refractivity contribution in [3.63, 3.8) is 0 Å². The Hall–Kier alpha value is -1.89. The Labute approximate surface area is 120 Å². The number of rotatable bonds is 6. The van der Waals surface area contributed by atoms with E-state index >= 15 is 0 Å². The fourth-order valence-corrected chi connectivity index (χ4v) is 2.66. The second-order valence-electron chi connectivity index (χ2n) is 4.75. The highest BCUT2D eigenvalue weighted by molar-refractivity contribution is 7.12. The predicted molar refractivity (Wildman–Crippen MR) is 73.6 cm³/mol. The number of carbonyl (C=O) groups excluding carboxylic acids is 2. The van der Waals surface area contributed by atoms with E-state index in [9.17, 15) is 14.4 Å². The van der Waals surface area contributed by atoms with Crippen molar-refractivity contribution in [1.82, 2.24) is 10.6 Å². The second-order valence-corrected chi connectivity index (χ2v) is 5.70. The summed E-state index contributed by atoms with van der Waals surface area (Å²) >= 11 is 1.35. The maximum absolute atomic E-state index is 11.6. The van der Waals surface area contributed by atoms with Crippen molar-refractivity contribution in [2.75, 3.05) is 6.54 Å². The van der Waals surface area contributed by atoms with E-state index in [2.05, 4.69) is 10.6 Å². The third-order valence-corrected chi connectivity index (χ3v) is 4.10. The quantitative estimate of drug-likeness (QED) is 0.725. The third kappa shape index (κ3) is 3.80. The maximum atomic E-state index is 11.6. The molecule has 108 valence electrons. The van der Waals surface area contributed by atoms with Gasteiger partial charge in [0, 0.05) is 19.0 Å². The van der Waals surface area contributed by atoms with E-state index in [0.29, 0.717) is 17.7 Å². The zero-order valence-corrected chi connectivity index (χ0v) is 11.6. The molecule has 0 atom stereocenters. The zero-order valence-electron chi connectivity index (χ0n) is 10.8. The van der Waals surface area contributed by atoms with Gasteiger partial charge in [-0.15, -0.1) is 11.3 Å². The van der Waals surface area contributed by atoms with E-state index in [-0.39, 0.29) is 36.7 Å². The zero-order chi connectivity index (χ0) is 14.5. The van der Waals surface area contributed by atoms with E-state index in [4.69, 9.17) is 5.11 Å². The van der Waals surface area contributed by atoms with Crippen molar-refractivity contribution in [2.24, 2.45) is 5.92 Å². The van der Waals surface area contributed by atoms with Crippen LogP contribution in [0.25, 0.3) is 0 Å². The first kappa shape index (κ1) is 14.5. The van der Waals surface area contributed by atoms with E-state index in [1.54, 1.807) is 12.1 Å². The number of carboxylic acid groups (broad SMARTS) is 1. The smallest absolute Gasteiger partial charge is 0.306 e. The molecule has 2 rings (SSSR count). The number of aliphatic carboxylic acids is 1. The van der Waals surface area contributed by atoms with Gasteiger partial charge >= 0.3 is 5.97 Å². The molecule has 1 saturated carbocycles. The summed E-state index contributed by atoms with van der Waals surface area (Å²) in [6.45, 7) is 0.275. The number of carboxylic acids is 1. The van der Waals surface area contributed by atoms with E-state index in [1.165, 1.54) is 11.3 Å². The lowest BCUT2D eigenvalue weighted by Crippen LogP contribution is -2.47. The molecule has 1 heterocycles. The monoisotopic (exact) mass is 296 g/mol. The average molecular weight is 296 g/mol. The SMILES string of the molecule is O=C(CCNC(=O)c1cccs1)NC1CC(C(=O)O)C1.